The molecule has 0 unspecified atom stereocenters. The summed E-state index contributed by atoms with van der Waals surface area (Å²) in [7, 11) is 1.78. The number of benzene rings is 2. The van der Waals surface area contributed by atoms with Crippen molar-refractivity contribution in [2.75, 3.05) is 12.4 Å². The fraction of sp³-hybridized carbons (Fsp3) is 0.0667. The normalized spacial score (nSPS) is 10.8. The van der Waals surface area contributed by atoms with Crippen LogP contribution in [0.2, 0.25) is 5.02 Å². The Morgan fingerprint density at radius 3 is 2.50 bits per heavy atom. The topological polar surface area (TPSA) is 37.8 Å². The molecule has 3 nitrogen and oxygen atoms in total. The lowest BCUT2D eigenvalue weighted by atomic mass is 10.0. The van der Waals surface area contributed by atoms with Crippen LogP contribution in [0.3, 0.4) is 0 Å². The van der Waals surface area contributed by atoms with Crippen molar-refractivity contribution in [1.29, 1.82) is 0 Å². The Hall–Kier alpha value is -2.20. The SMILES string of the molecule is CNc1nnc(-c2ccc(Cl)cc2F)c2ccccc12. The predicted molar refractivity (Wildman–Crippen MR) is 79.5 cm³/mol. The molecule has 2 aromatic carbocycles. The van der Waals surface area contributed by atoms with Gasteiger partial charge in [-0.1, -0.05) is 35.9 Å². The number of fused-ring (bicyclic) bond motifs is 1. The molecule has 0 saturated carbocycles. The molecular weight excluding hydrogens is 277 g/mol. The molecule has 1 heterocycles. The molecule has 3 rings (SSSR count). The van der Waals surface area contributed by atoms with Crippen molar-refractivity contribution in [2.24, 2.45) is 0 Å². The number of aromatic nitrogens is 2. The Labute approximate surface area is 120 Å². The third kappa shape index (κ3) is 2.08. The molecule has 0 radical (unpaired) electrons. The summed E-state index contributed by atoms with van der Waals surface area (Å²) in [5.74, 6) is 0.257. The molecule has 0 amide bonds. The second kappa shape index (κ2) is 5.06. The molecule has 0 bridgehead atoms. The average Bonchev–Trinajstić information content (AvgIpc) is 2.47. The maximum Gasteiger partial charge on any atom is 0.156 e. The number of anilines is 1. The molecule has 1 aromatic heterocycles. The summed E-state index contributed by atoms with van der Waals surface area (Å²) in [6.45, 7) is 0. The first kappa shape index (κ1) is 12.8. The van der Waals surface area contributed by atoms with Gasteiger partial charge in [-0.05, 0) is 18.2 Å². The Balaban J connectivity index is 2.32. The number of hydrogen-bond acceptors (Lipinski definition) is 3. The summed E-state index contributed by atoms with van der Waals surface area (Å²) in [5, 5.41) is 13.3. The van der Waals surface area contributed by atoms with Gasteiger partial charge in [0.2, 0.25) is 0 Å². The maximum atomic E-state index is 14.1. The van der Waals surface area contributed by atoms with Crippen LogP contribution in [-0.4, -0.2) is 17.2 Å². The molecule has 20 heavy (non-hydrogen) atoms. The minimum atomic E-state index is -0.408. The van der Waals surface area contributed by atoms with Crippen LogP contribution in [0, 0.1) is 5.82 Å². The lowest BCUT2D eigenvalue weighted by Gasteiger charge is -2.09. The zero-order valence-electron chi connectivity index (χ0n) is 10.7. The molecule has 0 saturated heterocycles. The quantitative estimate of drug-likeness (QED) is 0.770. The van der Waals surface area contributed by atoms with E-state index in [4.69, 9.17) is 11.6 Å². The van der Waals surface area contributed by atoms with Crippen LogP contribution in [0.25, 0.3) is 22.0 Å². The highest BCUT2D eigenvalue weighted by atomic mass is 35.5. The summed E-state index contributed by atoms with van der Waals surface area (Å²) in [6.07, 6.45) is 0. The summed E-state index contributed by atoms with van der Waals surface area (Å²) in [5.41, 5.74) is 0.898. The third-order valence-corrected chi connectivity index (χ3v) is 3.35. The molecule has 0 fully saturated rings. The van der Waals surface area contributed by atoms with E-state index in [1.165, 1.54) is 6.07 Å². The molecular formula is C15H11ClFN3. The van der Waals surface area contributed by atoms with Crippen molar-refractivity contribution in [1.82, 2.24) is 10.2 Å². The number of halogens is 2. The molecule has 0 aliphatic carbocycles. The summed E-state index contributed by atoms with van der Waals surface area (Å²) < 4.78 is 14.1. The van der Waals surface area contributed by atoms with Crippen molar-refractivity contribution in [3.63, 3.8) is 0 Å². The van der Waals surface area contributed by atoms with Gasteiger partial charge in [0, 0.05) is 28.4 Å². The monoisotopic (exact) mass is 287 g/mol. The van der Waals surface area contributed by atoms with Crippen molar-refractivity contribution in [3.05, 3.63) is 53.3 Å². The lowest BCUT2D eigenvalue weighted by Crippen LogP contribution is -1.99. The first-order valence-electron chi connectivity index (χ1n) is 6.09. The zero-order valence-corrected chi connectivity index (χ0v) is 11.4. The van der Waals surface area contributed by atoms with Gasteiger partial charge in [-0.15, -0.1) is 10.2 Å². The van der Waals surface area contributed by atoms with Crippen LogP contribution in [0.4, 0.5) is 10.2 Å². The van der Waals surface area contributed by atoms with Gasteiger partial charge in [-0.2, -0.15) is 0 Å². The van der Waals surface area contributed by atoms with E-state index in [9.17, 15) is 4.39 Å². The fourth-order valence-corrected chi connectivity index (χ4v) is 2.33. The van der Waals surface area contributed by atoms with Crippen LogP contribution in [-0.2, 0) is 0 Å². The van der Waals surface area contributed by atoms with Gasteiger partial charge < -0.3 is 5.32 Å². The molecule has 5 heteroatoms. The van der Waals surface area contributed by atoms with Gasteiger partial charge in [0.05, 0.1) is 0 Å². The molecule has 0 spiro atoms. The van der Waals surface area contributed by atoms with E-state index in [1.54, 1.807) is 19.2 Å². The second-order valence-electron chi connectivity index (χ2n) is 4.32. The smallest absolute Gasteiger partial charge is 0.156 e. The van der Waals surface area contributed by atoms with Gasteiger partial charge >= 0.3 is 0 Å². The third-order valence-electron chi connectivity index (χ3n) is 3.11. The van der Waals surface area contributed by atoms with Gasteiger partial charge in [0.25, 0.3) is 0 Å². The van der Waals surface area contributed by atoms with E-state index in [0.717, 1.165) is 10.8 Å². The standard InChI is InChI=1S/C15H11ClFN3/c1-18-15-11-5-3-2-4-10(11)14(19-20-15)12-7-6-9(16)8-13(12)17/h2-8H,1H3,(H,18,20). The van der Waals surface area contributed by atoms with Gasteiger partial charge in [-0.25, -0.2) is 4.39 Å². The Bertz CT molecular complexity index is 789. The van der Waals surface area contributed by atoms with Crippen LogP contribution in [0.15, 0.2) is 42.5 Å². The Morgan fingerprint density at radius 2 is 1.80 bits per heavy atom. The van der Waals surface area contributed by atoms with Crippen LogP contribution >= 0.6 is 11.6 Å². The molecule has 0 aliphatic rings. The molecule has 0 atom stereocenters. The first-order valence-corrected chi connectivity index (χ1v) is 6.47. The molecule has 0 aliphatic heterocycles. The minimum absolute atomic E-state index is 0.357. The van der Waals surface area contributed by atoms with E-state index in [2.05, 4.69) is 15.5 Å². The fourth-order valence-electron chi connectivity index (χ4n) is 2.17. The van der Waals surface area contributed by atoms with Crippen molar-refractivity contribution < 1.29 is 4.39 Å². The lowest BCUT2D eigenvalue weighted by molar-refractivity contribution is 0.630. The number of nitrogens with zero attached hydrogens (tertiary/aromatic N) is 2. The van der Waals surface area contributed by atoms with Crippen molar-refractivity contribution >= 4 is 28.2 Å². The van der Waals surface area contributed by atoms with Crippen LogP contribution in [0.1, 0.15) is 0 Å². The highest BCUT2D eigenvalue weighted by molar-refractivity contribution is 6.30. The number of rotatable bonds is 2. The predicted octanol–water partition coefficient (Wildman–Crippen LogP) is 4.13. The zero-order chi connectivity index (χ0) is 14.1. The van der Waals surface area contributed by atoms with Gasteiger partial charge in [-0.3, -0.25) is 0 Å². The highest BCUT2D eigenvalue weighted by Gasteiger charge is 2.13. The Morgan fingerprint density at radius 1 is 1.05 bits per heavy atom. The van der Waals surface area contributed by atoms with Crippen LogP contribution < -0.4 is 5.32 Å². The number of hydrogen-bond donors (Lipinski definition) is 1. The largest absolute Gasteiger partial charge is 0.371 e. The molecule has 1 N–H and O–H groups in total. The van der Waals surface area contributed by atoms with Crippen molar-refractivity contribution in [2.45, 2.75) is 0 Å². The van der Waals surface area contributed by atoms with E-state index in [-0.39, 0.29) is 0 Å². The van der Waals surface area contributed by atoms with E-state index >= 15 is 0 Å². The van der Waals surface area contributed by atoms with E-state index in [0.29, 0.717) is 22.1 Å². The summed E-state index contributed by atoms with van der Waals surface area (Å²) in [4.78, 5) is 0. The molecule has 3 aromatic rings. The Kier molecular flexibility index (Phi) is 3.24. The first-order chi connectivity index (χ1) is 9.70. The maximum absolute atomic E-state index is 14.1. The highest BCUT2D eigenvalue weighted by Crippen LogP contribution is 2.31. The van der Waals surface area contributed by atoms with E-state index in [1.807, 2.05) is 24.3 Å². The summed E-state index contributed by atoms with van der Waals surface area (Å²) in [6, 6.07) is 12.2. The van der Waals surface area contributed by atoms with Crippen LogP contribution in [0.5, 0.6) is 0 Å². The second-order valence-corrected chi connectivity index (χ2v) is 4.75. The molecule has 100 valence electrons. The van der Waals surface area contributed by atoms with Gasteiger partial charge in [0.15, 0.2) is 5.82 Å². The average molecular weight is 288 g/mol. The van der Waals surface area contributed by atoms with E-state index < -0.39 is 5.82 Å². The number of nitrogens with one attached hydrogen (secondary N) is 1. The van der Waals surface area contributed by atoms with Gasteiger partial charge in [0.1, 0.15) is 11.5 Å². The minimum Gasteiger partial charge on any atom is -0.371 e. The summed E-state index contributed by atoms with van der Waals surface area (Å²) >= 11 is 5.78. The van der Waals surface area contributed by atoms with Crippen molar-refractivity contribution in [3.8, 4) is 11.3 Å².